The van der Waals surface area contributed by atoms with Gasteiger partial charge in [0.15, 0.2) is 8.68 Å². The van der Waals surface area contributed by atoms with Crippen molar-refractivity contribution in [3.63, 3.8) is 0 Å². The highest BCUT2D eigenvalue weighted by atomic mass is 32.2. The van der Waals surface area contributed by atoms with Crippen LogP contribution in [0, 0.1) is 19.7 Å². The molecule has 9 nitrogen and oxygen atoms in total. The van der Waals surface area contributed by atoms with E-state index in [1.807, 2.05) is 0 Å². The molecule has 4 aromatic rings. The van der Waals surface area contributed by atoms with E-state index in [2.05, 4.69) is 30.2 Å². The lowest BCUT2D eigenvalue weighted by Crippen LogP contribution is -2.16. The number of rotatable bonds is 10. The minimum Gasteiger partial charge on any atom is -0.325 e. The van der Waals surface area contributed by atoms with Crippen LogP contribution in [0.4, 0.5) is 15.9 Å². The molecule has 192 valence electrons. The molecule has 0 saturated heterocycles. The molecule has 4 rings (SSSR count). The molecule has 0 saturated carbocycles. The lowest BCUT2D eigenvalue weighted by molar-refractivity contribution is -0.113. The summed E-state index contributed by atoms with van der Waals surface area (Å²) in [5.41, 5.74) is 2.09. The Morgan fingerprint density at radius 1 is 0.973 bits per heavy atom. The maximum Gasteiger partial charge on any atom is 0.263 e. The first-order valence-electron chi connectivity index (χ1n) is 10.7. The maximum atomic E-state index is 13.0. The number of hydrogen-bond acceptors (Lipinski definition) is 10. The van der Waals surface area contributed by atoms with Crippen molar-refractivity contribution in [1.29, 1.82) is 0 Å². The number of nitrogens with zero attached hydrogens (tertiary/aromatic N) is 4. The second-order valence-corrected chi connectivity index (χ2v) is 12.8. The van der Waals surface area contributed by atoms with Crippen LogP contribution in [0.2, 0.25) is 0 Å². The summed E-state index contributed by atoms with van der Waals surface area (Å²) in [5.74, 6) is 0.866. The van der Waals surface area contributed by atoms with Crippen molar-refractivity contribution in [3.8, 4) is 0 Å². The van der Waals surface area contributed by atoms with Crippen molar-refractivity contribution in [2.24, 2.45) is 0 Å². The summed E-state index contributed by atoms with van der Waals surface area (Å²) in [5, 5.41) is 10.9. The molecule has 2 aromatic carbocycles. The van der Waals surface area contributed by atoms with Crippen molar-refractivity contribution in [1.82, 2.24) is 20.2 Å². The molecule has 0 bridgehead atoms. The third-order valence-corrected chi connectivity index (χ3v) is 9.28. The normalized spacial score (nSPS) is 11.3. The number of hydrogen-bond donors (Lipinski definition) is 2. The fourth-order valence-corrected chi connectivity index (χ4v) is 6.82. The third kappa shape index (κ3) is 7.95. The Kier molecular flexibility index (Phi) is 8.74. The molecule has 1 amide bonds. The molecule has 0 aliphatic rings. The van der Waals surface area contributed by atoms with Gasteiger partial charge in [-0.2, -0.15) is 0 Å². The van der Waals surface area contributed by atoms with E-state index in [0.717, 1.165) is 9.90 Å². The largest absolute Gasteiger partial charge is 0.325 e. The number of anilines is 2. The summed E-state index contributed by atoms with van der Waals surface area (Å²) in [7, 11) is -3.85. The van der Waals surface area contributed by atoms with E-state index in [9.17, 15) is 17.6 Å². The SMILES string of the molecule is Cc1cc(NS(=O)(=O)c2ccc(NC(=O)CSc3nnc(SCc4ccc(F)cc4)s3)cc2)nc(C)n1. The molecule has 0 aliphatic heterocycles. The number of carbonyl (C=O) groups excluding carboxylic acids is 1. The lowest BCUT2D eigenvalue weighted by Gasteiger charge is -2.09. The Morgan fingerprint density at radius 3 is 2.32 bits per heavy atom. The molecule has 37 heavy (non-hydrogen) atoms. The molecule has 0 atom stereocenters. The first kappa shape index (κ1) is 27.0. The molecule has 2 N–H and O–H groups in total. The topological polar surface area (TPSA) is 127 Å². The Labute approximate surface area is 225 Å². The summed E-state index contributed by atoms with van der Waals surface area (Å²) >= 11 is 4.12. The van der Waals surface area contributed by atoms with Gasteiger partial charge >= 0.3 is 0 Å². The highest BCUT2D eigenvalue weighted by Crippen LogP contribution is 2.31. The minimum absolute atomic E-state index is 0.0355. The highest BCUT2D eigenvalue weighted by molar-refractivity contribution is 8.03. The van der Waals surface area contributed by atoms with Gasteiger partial charge in [-0.25, -0.2) is 22.8 Å². The van der Waals surface area contributed by atoms with Gasteiger partial charge in [-0.15, -0.1) is 10.2 Å². The van der Waals surface area contributed by atoms with E-state index in [0.29, 0.717) is 27.3 Å². The molecule has 0 spiro atoms. The number of halogens is 1. The third-order valence-electron chi connectivity index (χ3n) is 4.64. The summed E-state index contributed by atoms with van der Waals surface area (Å²) in [6.45, 7) is 3.43. The van der Waals surface area contributed by atoms with Gasteiger partial charge in [-0.3, -0.25) is 9.52 Å². The number of benzene rings is 2. The van der Waals surface area contributed by atoms with Crippen LogP contribution in [0.5, 0.6) is 0 Å². The van der Waals surface area contributed by atoms with Crippen LogP contribution >= 0.6 is 34.9 Å². The highest BCUT2D eigenvalue weighted by Gasteiger charge is 2.16. The van der Waals surface area contributed by atoms with Gasteiger partial charge in [-0.1, -0.05) is 47.0 Å². The molecule has 0 fully saturated rings. The van der Waals surface area contributed by atoms with Crippen LogP contribution in [0.3, 0.4) is 0 Å². The quantitative estimate of drug-likeness (QED) is 0.253. The fourth-order valence-electron chi connectivity index (χ4n) is 3.05. The Balaban J connectivity index is 1.26. The maximum absolute atomic E-state index is 13.0. The summed E-state index contributed by atoms with van der Waals surface area (Å²) in [6.07, 6.45) is 0. The minimum atomic E-state index is -3.85. The average Bonchev–Trinajstić information content (AvgIpc) is 3.30. The van der Waals surface area contributed by atoms with Gasteiger partial charge in [0, 0.05) is 23.2 Å². The van der Waals surface area contributed by atoms with Gasteiger partial charge in [0.2, 0.25) is 5.91 Å². The van der Waals surface area contributed by atoms with Gasteiger partial charge in [0.05, 0.1) is 10.6 Å². The Morgan fingerprint density at radius 2 is 1.65 bits per heavy atom. The van der Waals surface area contributed by atoms with Crippen molar-refractivity contribution >= 4 is 62.3 Å². The number of nitrogens with one attached hydrogen (secondary N) is 2. The van der Waals surface area contributed by atoms with Gasteiger partial charge in [0.25, 0.3) is 10.0 Å². The van der Waals surface area contributed by atoms with Crippen LogP contribution in [0.25, 0.3) is 0 Å². The van der Waals surface area contributed by atoms with Crippen LogP contribution < -0.4 is 10.0 Å². The van der Waals surface area contributed by atoms with Crippen LogP contribution in [-0.2, 0) is 20.6 Å². The van der Waals surface area contributed by atoms with Gasteiger partial charge in [-0.05, 0) is 55.8 Å². The molecule has 0 aliphatic carbocycles. The van der Waals surface area contributed by atoms with E-state index < -0.39 is 10.0 Å². The van der Waals surface area contributed by atoms with E-state index in [4.69, 9.17) is 0 Å². The smallest absolute Gasteiger partial charge is 0.263 e. The second-order valence-electron chi connectivity index (χ2n) is 7.66. The first-order valence-corrected chi connectivity index (χ1v) is 15.0. The zero-order valence-electron chi connectivity index (χ0n) is 19.6. The predicted octanol–water partition coefficient (Wildman–Crippen LogP) is 4.91. The van der Waals surface area contributed by atoms with Gasteiger partial charge in [0.1, 0.15) is 17.5 Å². The molecule has 0 unspecified atom stereocenters. The number of sulfonamides is 1. The van der Waals surface area contributed by atoms with Crippen LogP contribution in [0.1, 0.15) is 17.1 Å². The molecule has 2 aromatic heterocycles. The van der Waals surface area contributed by atoms with Crippen molar-refractivity contribution in [2.75, 3.05) is 15.8 Å². The van der Waals surface area contributed by atoms with Gasteiger partial charge < -0.3 is 5.32 Å². The number of thioether (sulfide) groups is 2. The summed E-state index contributed by atoms with van der Waals surface area (Å²) < 4.78 is 42.2. The lowest BCUT2D eigenvalue weighted by atomic mass is 10.2. The fraction of sp³-hybridized carbons (Fsp3) is 0.174. The van der Waals surface area contributed by atoms with E-state index >= 15 is 0 Å². The van der Waals surface area contributed by atoms with Crippen LogP contribution in [0.15, 0.2) is 68.2 Å². The number of carbonyl (C=O) groups is 1. The van der Waals surface area contributed by atoms with Crippen LogP contribution in [-0.4, -0.2) is 40.2 Å². The first-order chi connectivity index (χ1) is 17.7. The second kappa shape index (κ2) is 12.0. The van der Waals surface area contributed by atoms with Crippen molar-refractivity contribution in [3.05, 3.63) is 77.5 Å². The zero-order valence-corrected chi connectivity index (χ0v) is 22.9. The number of aryl methyl sites for hydroxylation is 2. The van der Waals surface area contributed by atoms with E-state index in [1.165, 1.54) is 71.3 Å². The average molecular weight is 577 g/mol. The standard InChI is InChI=1S/C23H21FN6O3S4/c1-14-11-20(26-15(2)25-14)30-37(32,33)19-9-7-18(8-10-19)27-21(31)13-35-23-29-28-22(36-23)34-12-16-3-5-17(24)6-4-16/h3-11H,12-13H2,1-2H3,(H,27,31)(H,25,26,30). The number of aromatic nitrogens is 4. The predicted molar refractivity (Wildman–Crippen MR) is 144 cm³/mol. The molecule has 0 radical (unpaired) electrons. The molecule has 14 heteroatoms. The Bertz CT molecular complexity index is 1480. The van der Waals surface area contributed by atoms with E-state index in [1.54, 1.807) is 32.0 Å². The van der Waals surface area contributed by atoms with Crippen molar-refractivity contribution in [2.45, 2.75) is 33.2 Å². The summed E-state index contributed by atoms with van der Waals surface area (Å²) in [6, 6.07) is 13.7. The molecule has 2 heterocycles. The summed E-state index contributed by atoms with van der Waals surface area (Å²) in [4.78, 5) is 20.6. The molecular formula is C23H21FN6O3S4. The van der Waals surface area contributed by atoms with E-state index in [-0.39, 0.29) is 28.2 Å². The Hall–Kier alpha value is -3.07. The molecular weight excluding hydrogens is 556 g/mol. The number of amides is 1. The van der Waals surface area contributed by atoms with Crippen molar-refractivity contribution < 1.29 is 17.6 Å². The monoisotopic (exact) mass is 576 g/mol. The zero-order chi connectivity index (χ0) is 26.4.